The number of hydrogen-bond donors (Lipinski definition) is 3. The summed E-state index contributed by atoms with van der Waals surface area (Å²) in [5.74, 6) is -1.48. The zero-order valence-electron chi connectivity index (χ0n) is 12.1. The molecule has 0 atom stereocenters. The van der Waals surface area contributed by atoms with Crippen molar-refractivity contribution in [2.75, 3.05) is 12.0 Å². The number of nitrogens with zero attached hydrogens (tertiary/aromatic N) is 3. The first-order valence-corrected chi connectivity index (χ1v) is 6.41. The molecule has 0 aliphatic heterocycles. The minimum Gasteiger partial charge on any atom is -0.467 e. The Morgan fingerprint density at radius 2 is 2.12 bits per heavy atom. The summed E-state index contributed by atoms with van der Waals surface area (Å²) < 4.78 is 41.1. The van der Waals surface area contributed by atoms with Gasteiger partial charge in [-0.25, -0.2) is 4.98 Å². The topological polar surface area (TPSA) is 122 Å². The lowest BCUT2D eigenvalue weighted by molar-refractivity contribution is -0.154. The first kappa shape index (κ1) is 17.2. The van der Waals surface area contributed by atoms with Gasteiger partial charge < -0.3 is 4.74 Å². The number of amides is 1. The standard InChI is InChI=1S/C12H11F3N6O3/c1-6-8(22)17-11(20-18-6)21-19-9(23)7-3-2-4-16-10(7)24-5-12(13,14)15/h2-4H,5H2,1H3,(H,19,23)(H2,17,20,21,22). The van der Waals surface area contributed by atoms with Gasteiger partial charge in [0, 0.05) is 6.20 Å². The molecule has 0 saturated heterocycles. The van der Waals surface area contributed by atoms with Gasteiger partial charge in [-0.3, -0.25) is 25.4 Å². The van der Waals surface area contributed by atoms with Crippen LogP contribution >= 0.6 is 0 Å². The van der Waals surface area contributed by atoms with Crippen molar-refractivity contribution in [2.45, 2.75) is 13.1 Å². The number of carbonyl (C=O) groups excluding carboxylic acids is 1. The summed E-state index contributed by atoms with van der Waals surface area (Å²) in [6.07, 6.45) is -3.39. The molecule has 0 fully saturated rings. The third-order valence-electron chi connectivity index (χ3n) is 2.54. The fraction of sp³-hybridized carbons (Fsp3) is 0.250. The van der Waals surface area contributed by atoms with Gasteiger partial charge in [0.25, 0.3) is 11.5 Å². The van der Waals surface area contributed by atoms with Gasteiger partial charge in [-0.2, -0.15) is 13.2 Å². The molecule has 2 rings (SSSR count). The van der Waals surface area contributed by atoms with E-state index in [0.717, 1.165) is 0 Å². The van der Waals surface area contributed by atoms with Crippen LogP contribution in [-0.4, -0.2) is 38.9 Å². The summed E-state index contributed by atoms with van der Waals surface area (Å²) in [4.78, 5) is 29.2. The zero-order chi connectivity index (χ0) is 17.7. The number of anilines is 1. The van der Waals surface area contributed by atoms with Gasteiger partial charge in [0.2, 0.25) is 11.8 Å². The quantitative estimate of drug-likeness (QED) is 0.678. The van der Waals surface area contributed by atoms with Gasteiger partial charge in [-0.1, -0.05) is 0 Å². The van der Waals surface area contributed by atoms with Crippen LogP contribution in [0, 0.1) is 6.92 Å². The lowest BCUT2D eigenvalue weighted by Gasteiger charge is -2.12. The van der Waals surface area contributed by atoms with Crippen molar-refractivity contribution in [1.29, 1.82) is 0 Å². The van der Waals surface area contributed by atoms with E-state index in [9.17, 15) is 22.8 Å². The maximum atomic E-state index is 12.2. The van der Waals surface area contributed by atoms with Crippen molar-refractivity contribution in [3.63, 3.8) is 0 Å². The molecular weight excluding hydrogens is 333 g/mol. The summed E-state index contributed by atoms with van der Waals surface area (Å²) in [6, 6.07) is 2.57. The van der Waals surface area contributed by atoms with E-state index < -0.39 is 30.1 Å². The van der Waals surface area contributed by atoms with Crippen molar-refractivity contribution in [3.05, 3.63) is 39.9 Å². The Labute approximate surface area is 132 Å². The Morgan fingerprint density at radius 3 is 2.79 bits per heavy atom. The maximum Gasteiger partial charge on any atom is 0.422 e. The first-order chi connectivity index (χ1) is 11.3. The van der Waals surface area contributed by atoms with Crippen LogP contribution in [0.3, 0.4) is 0 Å². The van der Waals surface area contributed by atoms with E-state index in [1.54, 1.807) is 0 Å². The van der Waals surface area contributed by atoms with Gasteiger partial charge in [0.15, 0.2) is 6.61 Å². The highest BCUT2D eigenvalue weighted by Crippen LogP contribution is 2.19. The van der Waals surface area contributed by atoms with E-state index in [-0.39, 0.29) is 17.2 Å². The van der Waals surface area contributed by atoms with E-state index in [2.05, 4.69) is 35.8 Å². The molecule has 0 spiro atoms. The van der Waals surface area contributed by atoms with Crippen LogP contribution in [0.1, 0.15) is 16.1 Å². The normalized spacial score (nSPS) is 11.0. The number of hydrogen-bond acceptors (Lipinski definition) is 7. The number of hydrazine groups is 1. The van der Waals surface area contributed by atoms with Crippen LogP contribution < -0.4 is 21.1 Å². The molecule has 0 aromatic carbocycles. The zero-order valence-corrected chi connectivity index (χ0v) is 12.1. The van der Waals surface area contributed by atoms with Gasteiger partial charge in [-0.05, 0) is 19.1 Å². The Morgan fingerprint density at radius 1 is 1.38 bits per heavy atom. The van der Waals surface area contributed by atoms with Gasteiger partial charge in [-0.15, -0.1) is 10.2 Å². The third-order valence-corrected chi connectivity index (χ3v) is 2.54. The number of aromatic amines is 1. The number of carbonyl (C=O) groups is 1. The third kappa shape index (κ3) is 4.66. The minimum absolute atomic E-state index is 0.127. The van der Waals surface area contributed by atoms with Crippen molar-refractivity contribution >= 4 is 11.9 Å². The molecule has 1 amide bonds. The van der Waals surface area contributed by atoms with Crippen molar-refractivity contribution in [1.82, 2.24) is 25.6 Å². The minimum atomic E-state index is -4.57. The average Bonchev–Trinajstić information content (AvgIpc) is 2.53. The van der Waals surface area contributed by atoms with Gasteiger partial charge in [0.1, 0.15) is 11.3 Å². The lowest BCUT2D eigenvalue weighted by Crippen LogP contribution is -2.32. The van der Waals surface area contributed by atoms with Crippen LogP contribution in [0.5, 0.6) is 5.88 Å². The number of aromatic nitrogens is 4. The monoisotopic (exact) mass is 344 g/mol. The van der Waals surface area contributed by atoms with Crippen LogP contribution in [0.2, 0.25) is 0 Å². The summed E-state index contributed by atoms with van der Waals surface area (Å²) in [6.45, 7) is -0.150. The highest BCUT2D eigenvalue weighted by atomic mass is 19.4. The maximum absolute atomic E-state index is 12.2. The Bertz CT molecular complexity index is 792. The largest absolute Gasteiger partial charge is 0.467 e. The SMILES string of the molecule is Cc1nnc(NNC(=O)c2cccnc2OCC(F)(F)F)[nH]c1=O. The second-order valence-corrected chi connectivity index (χ2v) is 4.43. The number of ether oxygens (including phenoxy) is 1. The highest BCUT2D eigenvalue weighted by Gasteiger charge is 2.29. The molecule has 12 heteroatoms. The molecule has 9 nitrogen and oxygen atoms in total. The predicted octanol–water partition coefficient (Wildman–Crippen LogP) is 0.566. The number of rotatable bonds is 5. The molecule has 0 aliphatic carbocycles. The smallest absolute Gasteiger partial charge is 0.422 e. The Balaban J connectivity index is 2.06. The average molecular weight is 344 g/mol. The lowest BCUT2D eigenvalue weighted by atomic mass is 10.2. The van der Waals surface area contributed by atoms with Crippen LogP contribution in [-0.2, 0) is 0 Å². The molecule has 0 saturated carbocycles. The van der Waals surface area contributed by atoms with E-state index in [1.807, 2.05) is 0 Å². The highest BCUT2D eigenvalue weighted by molar-refractivity contribution is 5.96. The molecule has 2 heterocycles. The first-order valence-electron chi connectivity index (χ1n) is 6.41. The number of alkyl halides is 3. The molecule has 0 aliphatic rings. The van der Waals surface area contributed by atoms with E-state index in [4.69, 9.17) is 0 Å². The number of halogens is 3. The molecular formula is C12H11F3N6O3. The van der Waals surface area contributed by atoms with Crippen LogP contribution in [0.4, 0.5) is 19.1 Å². The number of nitrogens with one attached hydrogen (secondary N) is 3. The molecule has 128 valence electrons. The number of aryl methyl sites for hydroxylation is 1. The summed E-state index contributed by atoms with van der Waals surface area (Å²) in [5.41, 5.74) is 3.78. The van der Waals surface area contributed by atoms with E-state index in [1.165, 1.54) is 25.3 Å². The molecule has 3 N–H and O–H groups in total. The fourth-order valence-corrected chi connectivity index (χ4v) is 1.46. The van der Waals surface area contributed by atoms with Crippen molar-refractivity contribution in [2.24, 2.45) is 0 Å². The van der Waals surface area contributed by atoms with Gasteiger partial charge >= 0.3 is 6.18 Å². The second-order valence-electron chi connectivity index (χ2n) is 4.43. The number of pyridine rings is 1. The molecule has 0 bridgehead atoms. The second kappa shape index (κ2) is 6.93. The molecule has 2 aromatic rings. The van der Waals surface area contributed by atoms with E-state index >= 15 is 0 Å². The van der Waals surface area contributed by atoms with E-state index in [0.29, 0.717) is 0 Å². The predicted molar refractivity (Wildman–Crippen MR) is 74.3 cm³/mol. The molecule has 24 heavy (non-hydrogen) atoms. The molecule has 0 radical (unpaired) electrons. The Kier molecular flexibility index (Phi) is 4.96. The van der Waals surface area contributed by atoms with Crippen molar-refractivity contribution in [3.8, 4) is 5.88 Å². The van der Waals surface area contributed by atoms with Crippen LogP contribution in [0.25, 0.3) is 0 Å². The summed E-state index contributed by atoms with van der Waals surface area (Å²) >= 11 is 0. The fourth-order valence-electron chi connectivity index (χ4n) is 1.46. The van der Waals surface area contributed by atoms with Crippen LogP contribution in [0.15, 0.2) is 23.1 Å². The Hall–Kier alpha value is -3.18. The number of H-pyrrole nitrogens is 1. The summed E-state index contributed by atoms with van der Waals surface area (Å²) in [5, 5.41) is 7.10. The van der Waals surface area contributed by atoms with Gasteiger partial charge in [0.05, 0.1) is 0 Å². The molecule has 2 aromatic heterocycles. The van der Waals surface area contributed by atoms with Crippen molar-refractivity contribution < 1.29 is 22.7 Å². The summed E-state index contributed by atoms with van der Waals surface area (Å²) in [7, 11) is 0. The molecule has 0 unspecified atom stereocenters.